The number of rotatable bonds is 3. The number of hydrogen-bond donors (Lipinski definition) is 1. The minimum atomic E-state index is -1.83. The maximum Gasteiger partial charge on any atom is 0.278 e. The fourth-order valence-corrected chi connectivity index (χ4v) is 2.07. The van der Waals surface area contributed by atoms with Gasteiger partial charge in [-0.2, -0.15) is 0 Å². The monoisotopic (exact) mass is 218 g/mol. The van der Waals surface area contributed by atoms with Crippen molar-refractivity contribution in [1.29, 1.82) is 0 Å². The highest BCUT2D eigenvalue weighted by atomic mass is 32.2. The molecule has 1 aliphatic heterocycles. The Balaban J connectivity index is 2.91. The molecular formula is C9H14O4S. The van der Waals surface area contributed by atoms with E-state index >= 15 is 0 Å². The fourth-order valence-electron chi connectivity index (χ4n) is 1.50. The van der Waals surface area contributed by atoms with Gasteiger partial charge in [-0.15, -0.1) is 0 Å². The number of carbonyl (C=O) groups excluding carboxylic acids is 2. The smallest absolute Gasteiger partial charge is 0.278 e. The molecule has 4 nitrogen and oxygen atoms in total. The molecule has 0 saturated carbocycles. The first-order valence-electron chi connectivity index (χ1n) is 4.42. The van der Waals surface area contributed by atoms with Crippen molar-refractivity contribution in [2.45, 2.75) is 37.4 Å². The van der Waals surface area contributed by atoms with Gasteiger partial charge in [0.1, 0.15) is 5.60 Å². The summed E-state index contributed by atoms with van der Waals surface area (Å²) in [5, 5.41) is 7.85. The quantitative estimate of drug-likeness (QED) is 0.707. The summed E-state index contributed by atoms with van der Waals surface area (Å²) in [5.74, 6) is -0.592. The number of thioether (sulfide) groups is 1. The maximum atomic E-state index is 11.5. The lowest BCUT2D eigenvalue weighted by Gasteiger charge is -2.24. The summed E-state index contributed by atoms with van der Waals surface area (Å²) in [4.78, 5) is 22.9. The van der Waals surface area contributed by atoms with Crippen molar-refractivity contribution >= 4 is 23.3 Å². The number of hydrogen-bond acceptors (Lipinski definition) is 5. The van der Waals surface area contributed by atoms with Gasteiger partial charge in [0, 0.05) is 12.8 Å². The summed E-state index contributed by atoms with van der Waals surface area (Å²) in [6.07, 6.45) is 1.82. The van der Waals surface area contributed by atoms with E-state index < -0.39 is 16.5 Å². The molecule has 1 N–H and O–H groups in total. The minimum absolute atomic E-state index is 0.0446. The molecule has 0 spiro atoms. The molecule has 0 unspecified atom stereocenters. The first kappa shape index (κ1) is 11.7. The Bertz CT molecular complexity index is 278. The second-order valence-electron chi connectivity index (χ2n) is 3.50. The van der Waals surface area contributed by atoms with Gasteiger partial charge in [-0.3, -0.25) is 9.59 Å². The molecule has 2 atom stereocenters. The normalized spacial score (nSPS) is 37.6. The van der Waals surface area contributed by atoms with Gasteiger partial charge < -0.3 is 9.84 Å². The molecule has 1 rings (SSSR count). The van der Waals surface area contributed by atoms with Crippen molar-refractivity contribution in [1.82, 2.24) is 0 Å². The van der Waals surface area contributed by atoms with Crippen molar-refractivity contribution < 1.29 is 19.4 Å². The van der Waals surface area contributed by atoms with Crippen LogP contribution in [0.5, 0.6) is 0 Å². The van der Waals surface area contributed by atoms with Crippen LogP contribution < -0.4 is 0 Å². The number of carbonyl (C=O) groups is 2. The van der Waals surface area contributed by atoms with Crippen LogP contribution in [0.25, 0.3) is 0 Å². The Morgan fingerprint density at radius 2 is 2.29 bits per heavy atom. The van der Waals surface area contributed by atoms with Crippen LogP contribution in [-0.4, -0.2) is 33.6 Å². The summed E-state index contributed by atoms with van der Waals surface area (Å²) >= 11 is 0.905. The van der Waals surface area contributed by atoms with Crippen molar-refractivity contribution in [2.75, 3.05) is 6.26 Å². The predicted octanol–water partition coefficient (Wildman–Crippen LogP) is 0.723. The van der Waals surface area contributed by atoms with Crippen LogP contribution in [-0.2, 0) is 14.3 Å². The molecule has 0 bridgehead atoms. The largest absolute Gasteiger partial charge is 0.351 e. The summed E-state index contributed by atoms with van der Waals surface area (Å²) in [6.45, 7) is 3.25. The lowest BCUT2D eigenvalue weighted by molar-refractivity contribution is -0.176. The van der Waals surface area contributed by atoms with E-state index in [1.165, 1.54) is 0 Å². The third-order valence-corrected chi connectivity index (χ3v) is 3.27. The summed E-state index contributed by atoms with van der Waals surface area (Å²) in [5.41, 5.74) is -1.15. The molecule has 5 heteroatoms. The van der Waals surface area contributed by atoms with Gasteiger partial charge in [-0.05, 0) is 13.2 Å². The Labute approximate surface area is 87.0 Å². The molecule has 80 valence electrons. The zero-order chi connectivity index (χ0) is 11.0. The van der Waals surface area contributed by atoms with Gasteiger partial charge in [0.05, 0.1) is 0 Å². The van der Waals surface area contributed by atoms with E-state index in [4.69, 9.17) is 4.74 Å². The SMILES string of the molecule is CCC(=O)[C@@]1(C)CC(=O)[C@@](O)(SC)O1. The average Bonchev–Trinajstić information content (AvgIpc) is 2.38. The zero-order valence-corrected chi connectivity index (χ0v) is 9.31. The Morgan fingerprint density at radius 3 is 2.64 bits per heavy atom. The van der Waals surface area contributed by atoms with Gasteiger partial charge in [0.25, 0.3) is 5.12 Å². The highest BCUT2D eigenvalue weighted by molar-refractivity contribution is 8.00. The summed E-state index contributed by atoms with van der Waals surface area (Å²) < 4.78 is 5.17. The van der Waals surface area contributed by atoms with E-state index in [1.807, 2.05) is 0 Å². The standard InChI is InChI=1S/C9H14O4S/c1-4-6(10)8(2)5-7(11)9(12,13-8)14-3/h12H,4-5H2,1-3H3/t8-,9+/m1/s1. The second-order valence-corrected chi connectivity index (χ2v) is 4.46. The first-order chi connectivity index (χ1) is 6.38. The summed E-state index contributed by atoms with van der Waals surface area (Å²) in [7, 11) is 0. The van der Waals surface area contributed by atoms with E-state index in [-0.39, 0.29) is 12.2 Å². The van der Waals surface area contributed by atoms with Gasteiger partial charge in [-0.25, -0.2) is 0 Å². The van der Waals surface area contributed by atoms with Crippen LogP contribution >= 0.6 is 11.8 Å². The van der Waals surface area contributed by atoms with Crippen LogP contribution in [0.4, 0.5) is 0 Å². The molecule has 1 aliphatic rings. The van der Waals surface area contributed by atoms with Crippen LogP contribution in [0.1, 0.15) is 26.7 Å². The highest BCUT2D eigenvalue weighted by Gasteiger charge is 2.55. The van der Waals surface area contributed by atoms with E-state index in [0.29, 0.717) is 6.42 Å². The van der Waals surface area contributed by atoms with Crippen molar-refractivity contribution in [3.63, 3.8) is 0 Å². The lowest BCUT2D eigenvalue weighted by Crippen LogP contribution is -2.38. The minimum Gasteiger partial charge on any atom is -0.351 e. The zero-order valence-electron chi connectivity index (χ0n) is 8.49. The lowest BCUT2D eigenvalue weighted by atomic mass is 9.95. The molecule has 1 heterocycles. The van der Waals surface area contributed by atoms with Crippen molar-refractivity contribution in [2.24, 2.45) is 0 Å². The van der Waals surface area contributed by atoms with E-state index in [1.54, 1.807) is 20.1 Å². The second kappa shape index (κ2) is 3.64. The molecule has 0 aliphatic carbocycles. The van der Waals surface area contributed by atoms with Crippen molar-refractivity contribution in [3.8, 4) is 0 Å². The highest BCUT2D eigenvalue weighted by Crippen LogP contribution is 2.40. The molecule has 0 radical (unpaired) electrons. The molecule has 14 heavy (non-hydrogen) atoms. The molecule has 0 aromatic rings. The third kappa shape index (κ3) is 1.71. The predicted molar refractivity (Wildman–Crippen MR) is 52.9 cm³/mol. The topological polar surface area (TPSA) is 63.6 Å². The van der Waals surface area contributed by atoms with Gasteiger partial charge in [0.2, 0.25) is 5.78 Å². The number of Topliss-reactive ketones (excluding diaryl/α,β-unsaturated/α-hetero) is 2. The van der Waals surface area contributed by atoms with Gasteiger partial charge >= 0.3 is 0 Å². The maximum absolute atomic E-state index is 11.5. The van der Waals surface area contributed by atoms with Crippen LogP contribution in [0, 0.1) is 0 Å². The Hall–Kier alpha value is -0.390. The number of ether oxygens (including phenoxy) is 1. The Morgan fingerprint density at radius 1 is 1.71 bits per heavy atom. The first-order valence-corrected chi connectivity index (χ1v) is 5.64. The third-order valence-electron chi connectivity index (χ3n) is 2.40. The summed E-state index contributed by atoms with van der Waals surface area (Å²) in [6, 6.07) is 0. The van der Waals surface area contributed by atoms with E-state index in [0.717, 1.165) is 11.8 Å². The number of aliphatic hydroxyl groups is 1. The van der Waals surface area contributed by atoms with E-state index in [9.17, 15) is 14.7 Å². The molecule has 1 fully saturated rings. The van der Waals surface area contributed by atoms with Gasteiger partial charge in [0.15, 0.2) is 5.78 Å². The van der Waals surface area contributed by atoms with Crippen LogP contribution in [0.15, 0.2) is 0 Å². The Kier molecular flexibility index (Phi) is 3.04. The molecule has 0 amide bonds. The van der Waals surface area contributed by atoms with Crippen molar-refractivity contribution in [3.05, 3.63) is 0 Å². The van der Waals surface area contributed by atoms with Crippen LogP contribution in [0.2, 0.25) is 0 Å². The number of ketones is 2. The molecular weight excluding hydrogens is 204 g/mol. The average molecular weight is 218 g/mol. The molecule has 0 aromatic carbocycles. The fraction of sp³-hybridized carbons (Fsp3) is 0.778. The van der Waals surface area contributed by atoms with Gasteiger partial charge in [-0.1, -0.05) is 18.7 Å². The molecule has 1 saturated heterocycles. The van der Waals surface area contributed by atoms with Crippen LogP contribution in [0.3, 0.4) is 0 Å². The molecule has 0 aromatic heterocycles. The van der Waals surface area contributed by atoms with E-state index in [2.05, 4.69) is 0 Å².